The molecule has 0 radical (unpaired) electrons. The molecule has 0 saturated carbocycles. The topological polar surface area (TPSA) is 68.4 Å². The number of benzene rings is 2. The van der Waals surface area contributed by atoms with Crippen LogP contribution in [0.3, 0.4) is 0 Å². The Morgan fingerprint density at radius 3 is 2.59 bits per heavy atom. The molecule has 172 valence electrons. The van der Waals surface area contributed by atoms with E-state index in [1.807, 2.05) is 25.1 Å². The lowest BCUT2D eigenvalue weighted by Gasteiger charge is -2.32. The van der Waals surface area contributed by atoms with Gasteiger partial charge in [-0.15, -0.1) is 0 Å². The first-order valence-electron chi connectivity index (χ1n) is 11.8. The molecule has 0 aliphatic carbocycles. The number of fused-ring (bicyclic) bond motifs is 2. The van der Waals surface area contributed by atoms with E-state index in [1.165, 1.54) is 5.56 Å². The number of carbonyl (C=O) groups excluding carboxylic acids is 1. The van der Waals surface area contributed by atoms with Crippen molar-refractivity contribution in [1.82, 2.24) is 24.8 Å². The van der Waals surface area contributed by atoms with Crippen molar-refractivity contribution in [3.63, 3.8) is 0 Å². The third kappa shape index (κ3) is 3.87. The Labute approximate surface area is 199 Å². The number of carbonyl (C=O) groups is 1. The van der Waals surface area contributed by atoms with Crippen molar-refractivity contribution in [2.75, 3.05) is 38.1 Å². The number of amides is 1. The van der Waals surface area contributed by atoms with Gasteiger partial charge in [-0.05, 0) is 43.8 Å². The number of anilines is 2. The SMILES string of the molecule is Cc1cc2cc(N3C(=O)Cc4ncc(-c5ccc(CN6CCN(C)CC6)cc5)nc43)ccc2[nH]1. The van der Waals surface area contributed by atoms with Gasteiger partial charge in [0.25, 0.3) is 0 Å². The van der Waals surface area contributed by atoms with Gasteiger partial charge in [0.1, 0.15) is 0 Å². The monoisotopic (exact) mass is 452 g/mol. The van der Waals surface area contributed by atoms with Crippen LogP contribution >= 0.6 is 0 Å². The maximum absolute atomic E-state index is 12.9. The number of piperazine rings is 1. The molecule has 4 aromatic rings. The lowest BCUT2D eigenvalue weighted by molar-refractivity contribution is -0.116. The molecular weight excluding hydrogens is 424 g/mol. The van der Waals surface area contributed by atoms with Crippen LogP contribution in [0.5, 0.6) is 0 Å². The fourth-order valence-corrected chi connectivity index (χ4v) is 4.90. The Morgan fingerprint density at radius 2 is 1.79 bits per heavy atom. The Kier molecular flexibility index (Phi) is 5.16. The average molecular weight is 453 g/mol. The number of rotatable bonds is 4. The molecule has 1 fully saturated rings. The molecule has 0 bridgehead atoms. The summed E-state index contributed by atoms with van der Waals surface area (Å²) in [5, 5.41) is 1.08. The second kappa shape index (κ2) is 8.34. The minimum atomic E-state index is 0.00119. The molecule has 1 amide bonds. The molecule has 2 aliphatic rings. The van der Waals surface area contributed by atoms with Gasteiger partial charge in [0, 0.05) is 54.9 Å². The fraction of sp³-hybridized carbons (Fsp3) is 0.296. The minimum Gasteiger partial charge on any atom is -0.359 e. The maximum Gasteiger partial charge on any atom is 0.238 e. The van der Waals surface area contributed by atoms with Gasteiger partial charge in [0.15, 0.2) is 5.82 Å². The first-order valence-corrected chi connectivity index (χ1v) is 11.8. The molecule has 2 aromatic heterocycles. The lowest BCUT2D eigenvalue weighted by Crippen LogP contribution is -2.43. The van der Waals surface area contributed by atoms with Crippen LogP contribution in [0.4, 0.5) is 11.5 Å². The van der Waals surface area contributed by atoms with E-state index in [1.54, 1.807) is 11.1 Å². The highest BCUT2D eigenvalue weighted by Gasteiger charge is 2.32. The lowest BCUT2D eigenvalue weighted by atomic mass is 10.1. The van der Waals surface area contributed by atoms with E-state index in [0.717, 1.165) is 72.0 Å². The summed E-state index contributed by atoms with van der Waals surface area (Å²) in [5.41, 5.74) is 6.80. The number of aromatic amines is 1. The first-order chi connectivity index (χ1) is 16.5. The van der Waals surface area contributed by atoms with E-state index in [4.69, 9.17) is 4.98 Å². The van der Waals surface area contributed by atoms with E-state index in [2.05, 4.69) is 57.1 Å². The van der Waals surface area contributed by atoms with Crippen molar-refractivity contribution in [1.29, 1.82) is 0 Å². The molecule has 4 heterocycles. The summed E-state index contributed by atoms with van der Waals surface area (Å²) in [7, 11) is 2.18. The smallest absolute Gasteiger partial charge is 0.238 e. The zero-order valence-corrected chi connectivity index (χ0v) is 19.6. The van der Waals surface area contributed by atoms with Crippen LogP contribution in [-0.4, -0.2) is 63.9 Å². The predicted octanol–water partition coefficient (Wildman–Crippen LogP) is 3.90. The van der Waals surface area contributed by atoms with Crippen LogP contribution in [0, 0.1) is 6.92 Å². The zero-order valence-electron chi connectivity index (χ0n) is 19.6. The number of H-pyrrole nitrogens is 1. The number of hydrogen-bond donors (Lipinski definition) is 1. The summed E-state index contributed by atoms with van der Waals surface area (Å²) in [6.07, 6.45) is 2.06. The molecule has 0 atom stereocenters. The summed E-state index contributed by atoms with van der Waals surface area (Å²) in [6, 6.07) is 16.7. The highest BCUT2D eigenvalue weighted by atomic mass is 16.2. The molecule has 34 heavy (non-hydrogen) atoms. The van der Waals surface area contributed by atoms with Crippen molar-refractivity contribution in [3.8, 4) is 11.3 Å². The van der Waals surface area contributed by atoms with E-state index >= 15 is 0 Å². The average Bonchev–Trinajstić information content (AvgIpc) is 3.37. The predicted molar refractivity (Wildman–Crippen MR) is 134 cm³/mol. The number of aromatic nitrogens is 3. The van der Waals surface area contributed by atoms with E-state index in [0.29, 0.717) is 5.82 Å². The van der Waals surface area contributed by atoms with Gasteiger partial charge in [0.2, 0.25) is 5.91 Å². The third-order valence-electron chi connectivity index (χ3n) is 6.86. The molecule has 7 nitrogen and oxygen atoms in total. The molecule has 2 aromatic carbocycles. The molecule has 6 rings (SSSR count). The minimum absolute atomic E-state index is 0.00119. The summed E-state index contributed by atoms with van der Waals surface area (Å²) in [4.78, 5) is 32.3. The van der Waals surface area contributed by atoms with E-state index < -0.39 is 0 Å². The molecular formula is C27H28N6O. The molecule has 1 N–H and O–H groups in total. The van der Waals surface area contributed by atoms with Gasteiger partial charge in [-0.2, -0.15) is 0 Å². The molecule has 0 spiro atoms. The number of nitrogens with one attached hydrogen (secondary N) is 1. The van der Waals surface area contributed by atoms with Crippen molar-refractivity contribution >= 4 is 28.3 Å². The van der Waals surface area contributed by atoms with Crippen LogP contribution in [-0.2, 0) is 17.8 Å². The number of likely N-dealkylation sites (N-methyl/N-ethyl adjacent to an activating group) is 1. The number of hydrogen-bond acceptors (Lipinski definition) is 5. The zero-order chi connectivity index (χ0) is 23.2. The van der Waals surface area contributed by atoms with Crippen molar-refractivity contribution < 1.29 is 4.79 Å². The Bertz CT molecular complexity index is 1370. The highest BCUT2D eigenvalue weighted by molar-refractivity contribution is 6.07. The second-order valence-corrected chi connectivity index (χ2v) is 9.43. The number of nitrogens with zero attached hydrogens (tertiary/aromatic N) is 5. The highest BCUT2D eigenvalue weighted by Crippen LogP contribution is 2.35. The van der Waals surface area contributed by atoms with Gasteiger partial charge in [-0.1, -0.05) is 24.3 Å². The van der Waals surface area contributed by atoms with Crippen LogP contribution in [0.1, 0.15) is 17.0 Å². The molecule has 0 unspecified atom stereocenters. The van der Waals surface area contributed by atoms with Crippen molar-refractivity contribution in [2.45, 2.75) is 19.9 Å². The standard InChI is InChI=1S/C27H28N6O/c1-18-13-21-14-22(7-8-23(21)29-18)33-26(34)15-24-27(33)30-25(16-28-24)20-5-3-19(4-6-20)17-32-11-9-31(2)10-12-32/h3-8,13-14,16,29H,9-12,15,17H2,1-2H3. The molecule has 7 heteroatoms. The maximum atomic E-state index is 12.9. The molecule has 1 saturated heterocycles. The normalized spacial score (nSPS) is 17.0. The van der Waals surface area contributed by atoms with Gasteiger partial charge in [-0.25, -0.2) is 4.98 Å². The van der Waals surface area contributed by atoms with Crippen molar-refractivity contribution in [3.05, 3.63) is 71.7 Å². The van der Waals surface area contributed by atoms with E-state index in [-0.39, 0.29) is 12.3 Å². The van der Waals surface area contributed by atoms with Gasteiger partial charge < -0.3 is 9.88 Å². The Morgan fingerprint density at radius 1 is 1.00 bits per heavy atom. The van der Waals surface area contributed by atoms with Gasteiger partial charge in [-0.3, -0.25) is 19.6 Å². The Hall–Kier alpha value is -3.55. The van der Waals surface area contributed by atoms with Crippen LogP contribution in [0.15, 0.2) is 54.7 Å². The fourth-order valence-electron chi connectivity index (χ4n) is 4.90. The van der Waals surface area contributed by atoms with Crippen LogP contribution < -0.4 is 4.90 Å². The van der Waals surface area contributed by atoms with Gasteiger partial charge in [0.05, 0.1) is 29.7 Å². The summed E-state index contributed by atoms with van der Waals surface area (Å²) in [6.45, 7) is 7.44. The van der Waals surface area contributed by atoms with Gasteiger partial charge >= 0.3 is 0 Å². The quantitative estimate of drug-likeness (QED) is 0.509. The summed E-state index contributed by atoms with van der Waals surface area (Å²) >= 11 is 0. The van der Waals surface area contributed by atoms with Crippen LogP contribution in [0.2, 0.25) is 0 Å². The summed E-state index contributed by atoms with van der Waals surface area (Å²) in [5.74, 6) is 0.636. The summed E-state index contributed by atoms with van der Waals surface area (Å²) < 4.78 is 0. The van der Waals surface area contributed by atoms with E-state index in [9.17, 15) is 4.79 Å². The molecule has 2 aliphatic heterocycles. The Balaban J connectivity index is 1.26. The first kappa shape index (κ1) is 21.0. The van der Waals surface area contributed by atoms with Crippen LogP contribution in [0.25, 0.3) is 22.2 Å². The largest absolute Gasteiger partial charge is 0.359 e. The second-order valence-electron chi connectivity index (χ2n) is 9.43. The van der Waals surface area contributed by atoms with Crippen molar-refractivity contribution in [2.24, 2.45) is 0 Å². The third-order valence-corrected chi connectivity index (χ3v) is 6.86. The number of aryl methyl sites for hydroxylation is 1.